The van der Waals surface area contributed by atoms with Crippen molar-refractivity contribution in [1.29, 1.82) is 0 Å². The highest BCUT2D eigenvalue weighted by molar-refractivity contribution is 5.82. The maximum Gasteiger partial charge on any atom is 0.330 e. The molecule has 0 saturated carbocycles. The fourth-order valence-electron chi connectivity index (χ4n) is 0.386. The molecule has 0 aliphatic heterocycles. The van der Waals surface area contributed by atoms with Crippen LogP contribution >= 0.6 is 0 Å². The van der Waals surface area contributed by atoms with Crippen LogP contribution in [0.15, 0.2) is 24.5 Å². The molecule has 0 aromatic rings. The molecule has 68 valence electrons. The highest BCUT2D eigenvalue weighted by Crippen LogP contribution is 1.92. The molecule has 0 aromatic heterocycles. The van der Waals surface area contributed by atoms with Crippen LogP contribution in [-0.2, 0) is 14.4 Å². The number of ether oxygens (including phenoxy) is 1. The van der Waals surface area contributed by atoms with Crippen LogP contribution in [0.4, 0.5) is 0 Å². The van der Waals surface area contributed by atoms with E-state index in [1.54, 1.807) is 0 Å². The average molecular weight is 174 g/mol. The monoisotopic (exact) mass is 174 g/mol. The van der Waals surface area contributed by atoms with Crippen LogP contribution in [0.5, 0.6) is 0 Å². The van der Waals surface area contributed by atoms with E-state index in [4.69, 9.17) is 10.4 Å². The van der Waals surface area contributed by atoms with Gasteiger partial charge in [0, 0.05) is 6.08 Å². The van der Waals surface area contributed by atoms with Crippen molar-refractivity contribution in [3.05, 3.63) is 24.5 Å². The average Bonchev–Trinajstić information content (AvgIpc) is 2.10. The van der Waals surface area contributed by atoms with Gasteiger partial charge in [-0.3, -0.25) is 0 Å². The van der Waals surface area contributed by atoms with Crippen LogP contribution < -0.4 is 0 Å². The van der Waals surface area contributed by atoms with Gasteiger partial charge in [-0.05, 0) is 6.08 Å². The first-order chi connectivity index (χ1) is 5.70. The maximum absolute atomic E-state index is 10.6. The van der Waals surface area contributed by atoms with Crippen LogP contribution in [-0.4, -0.2) is 29.5 Å². The smallest absolute Gasteiger partial charge is 0.330 e. The Morgan fingerprint density at radius 2 is 2.17 bits per heavy atom. The van der Waals surface area contributed by atoms with Crippen molar-refractivity contribution in [2.75, 3.05) is 13.2 Å². The zero-order chi connectivity index (χ0) is 9.40. The number of aliphatic hydroxyl groups excluding tert-OH is 1. The molecule has 0 radical (unpaired) electrons. The zero-order valence-corrected chi connectivity index (χ0v) is 6.40. The first kappa shape index (κ1) is 10.7. The van der Waals surface area contributed by atoms with Crippen molar-refractivity contribution in [2.45, 2.75) is 0 Å². The summed E-state index contributed by atoms with van der Waals surface area (Å²) in [7, 11) is 0. The van der Waals surface area contributed by atoms with Gasteiger partial charge in [-0.1, -0.05) is 6.58 Å². The van der Waals surface area contributed by atoms with Crippen molar-refractivity contribution >= 4 is 5.97 Å². The van der Waals surface area contributed by atoms with Crippen molar-refractivity contribution in [3.8, 4) is 0 Å². The number of hydrogen-bond donors (Lipinski definition) is 2. The van der Waals surface area contributed by atoms with Crippen LogP contribution in [0, 0.1) is 0 Å². The van der Waals surface area contributed by atoms with Gasteiger partial charge in [-0.2, -0.15) is 0 Å². The lowest BCUT2D eigenvalue weighted by atomic mass is 10.4. The van der Waals surface area contributed by atoms with E-state index < -0.39 is 5.97 Å². The predicted molar refractivity (Wildman–Crippen MR) is 40.0 cm³/mol. The normalized spacial score (nSPS) is 9.83. The molecular weight excluding hydrogens is 164 g/mol. The lowest BCUT2D eigenvalue weighted by molar-refractivity contribution is -0.197. The number of hydrogen-bond acceptors (Lipinski definition) is 5. The van der Waals surface area contributed by atoms with Gasteiger partial charge in [-0.15, -0.1) is 0 Å². The van der Waals surface area contributed by atoms with Crippen LogP contribution in [0.2, 0.25) is 0 Å². The van der Waals surface area contributed by atoms with E-state index in [9.17, 15) is 4.79 Å². The molecular formula is C7H10O5. The third-order valence-corrected chi connectivity index (χ3v) is 0.858. The second-order valence-corrected chi connectivity index (χ2v) is 1.78. The third kappa shape index (κ3) is 5.45. The van der Waals surface area contributed by atoms with Crippen LogP contribution in [0.3, 0.4) is 0 Å². The molecule has 5 heteroatoms. The van der Waals surface area contributed by atoms with Crippen LogP contribution in [0.25, 0.3) is 0 Å². The van der Waals surface area contributed by atoms with Crippen molar-refractivity contribution in [3.63, 3.8) is 0 Å². The minimum Gasteiger partial charge on any atom is -0.460 e. The molecule has 0 aliphatic rings. The lowest BCUT2D eigenvalue weighted by Gasteiger charge is -1.96. The Morgan fingerprint density at radius 3 is 2.67 bits per heavy atom. The summed E-state index contributed by atoms with van der Waals surface area (Å²) in [6.07, 6.45) is 2.16. The van der Waals surface area contributed by atoms with Gasteiger partial charge in [0.15, 0.2) is 5.76 Å². The van der Waals surface area contributed by atoms with Gasteiger partial charge in [-0.25, -0.2) is 10.1 Å². The second kappa shape index (κ2) is 6.38. The molecule has 0 amide bonds. The number of aliphatic hydroxyl groups is 1. The Morgan fingerprint density at radius 1 is 1.50 bits per heavy atom. The van der Waals surface area contributed by atoms with Gasteiger partial charge in [0.25, 0.3) is 0 Å². The number of carbonyl (C=O) groups excluding carboxylic acids is 1. The molecule has 0 heterocycles. The minimum absolute atomic E-state index is 0.0599. The van der Waals surface area contributed by atoms with E-state index in [1.165, 1.54) is 0 Å². The van der Waals surface area contributed by atoms with Gasteiger partial charge in [0.1, 0.15) is 6.61 Å². The lowest BCUT2D eigenvalue weighted by Crippen LogP contribution is -2.05. The first-order valence-corrected chi connectivity index (χ1v) is 3.16. The van der Waals surface area contributed by atoms with Gasteiger partial charge >= 0.3 is 5.97 Å². The summed E-state index contributed by atoms with van der Waals surface area (Å²) < 4.78 is 4.43. The number of esters is 1. The summed E-state index contributed by atoms with van der Waals surface area (Å²) in [5.41, 5.74) is 0. The summed E-state index contributed by atoms with van der Waals surface area (Å²) in [5, 5.41) is 16.2. The highest BCUT2D eigenvalue weighted by Gasteiger charge is 1.95. The summed E-state index contributed by atoms with van der Waals surface area (Å²) in [5.74, 6) is -0.710. The number of allylic oxidation sites excluding steroid dienone is 1. The predicted octanol–water partition coefficient (Wildman–Crippen LogP) is 0.0814. The van der Waals surface area contributed by atoms with E-state index in [0.29, 0.717) is 0 Å². The molecule has 0 aliphatic carbocycles. The molecule has 2 N–H and O–H groups in total. The first-order valence-electron chi connectivity index (χ1n) is 3.16. The van der Waals surface area contributed by atoms with E-state index in [-0.39, 0.29) is 19.0 Å². The topological polar surface area (TPSA) is 76.0 Å². The Balaban J connectivity index is 3.67. The van der Waals surface area contributed by atoms with Gasteiger partial charge in [0.05, 0.1) is 6.61 Å². The summed E-state index contributed by atoms with van der Waals surface area (Å²) in [4.78, 5) is 14.3. The maximum atomic E-state index is 10.6. The molecule has 0 bridgehead atoms. The molecule has 0 spiro atoms. The molecule has 0 atom stereocenters. The fourth-order valence-corrected chi connectivity index (χ4v) is 0.386. The Hall–Kier alpha value is -1.33. The van der Waals surface area contributed by atoms with Crippen LogP contribution in [0.1, 0.15) is 0 Å². The quantitative estimate of drug-likeness (QED) is 0.154. The minimum atomic E-state index is -0.637. The van der Waals surface area contributed by atoms with Gasteiger partial charge < -0.3 is 14.7 Å². The third-order valence-electron chi connectivity index (χ3n) is 0.858. The van der Waals surface area contributed by atoms with Crippen molar-refractivity contribution < 1.29 is 24.8 Å². The Labute approximate surface area is 69.5 Å². The van der Waals surface area contributed by atoms with Crippen molar-refractivity contribution in [1.82, 2.24) is 0 Å². The highest BCUT2D eigenvalue weighted by atomic mass is 17.1. The summed E-state index contributed by atoms with van der Waals surface area (Å²) in [6.45, 7) is 2.92. The molecule has 5 nitrogen and oxygen atoms in total. The molecule has 0 unspecified atom stereocenters. The van der Waals surface area contributed by atoms with E-state index >= 15 is 0 Å². The largest absolute Gasteiger partial charge is 0.460 e. The zero-order valence-electron chi connectivity index (χ0n) is 6.40. The van der Waals surface area contributed by atoms with Crippen molar-refractivity contribution in [2.24, 2.45) is 0 Å². The van der Waals surface area contributed by atoms with Gasteiger partial charge in [0.2, 0.25) is 0 Å². The van der Waals surface area contributed by atoms with E-state index in [2.05, 4.69) is 16.2 Å². The fraction of sp³-hybridized carbons (Fsp3) is 0.286. The summed E-state index contributed by atoms with van der Waals surface area (Å²) in [6, 6.07) is 0. The standard InChI is InChI=1S/C7H10O5/c1-6(12-10)2-3-7(9)11-5-4-8/h2-3,8,10H,1,4-5H2/b3-2+. The summed E-state index contributed by atoms with van der Waals surface area (Å²) >= 11 is 0. The molecule has 0 saturated heterocycles. The number of carbonyl (C=O) groups is 1. The van der Waals surface area contributed by atoms with E-state index in [1.807, 2.05) is 0 Å². The van der Waals surface area contributed by atoms with E-state index in [0.717, 1.165) is 12.2 Å². The molecule has 0 rings (SSSR count). The Kier molecular flexibility index (Phi) is 5.68. The molecule has 0 fully saturated rings. The SMILES string of the molecule is C=C(/C=C/C(=O)OCCO)OO. The molecule has 0 aromatic carbocycles. The second-order valence-electron chi connectivity index (χ2n) is 1.78. The number of rotatable bonds is 5. The molecule has 12 heavy (non-hydrogen) atoms. The Bertz CT molecular complexity index is 184.